The Morgan fingerprint density at radius 2 is 1.74 bits per heavy atom. The Labute approximate surface area is 112 Å². The van der Waals surface area contributed by atoms with E-state index in [1.165, 1.54) is 0 Å². The number of hydrogen-bond acceptors (Lipinski definition) is 3. The molecule has 0 unspecified atom stereocenters. The van der Waals surface area contributed by atoms with E-state index in [2.05, 4.69) is 5.48 Å². The number of hydrogen-bond donors (Lipinski definition) is 1. The van der Waals surface area contributed by atoms with E-state index in [1.54, 1.807) is 0 Å². The molecule has 0 aromatic heterocycles. The molecule has 2 aromatic rings. The fraction of sp³-hybridized carbons (Fsp3) is 0.188. The molecule has 96 valence electrons. The van der Waals surface area contributed by atoms with Gasteiger partial charge in [0.1, 0.15) is 6.10 Å². The van der Waals surface area contributed by atoms with Gasteiger partial charge in [0.25, 0.3) is 0 Å². The van der Waals surface area contributed by atoms with Crippen LogP contribution < -0.4 is 5.48 Å². The van der Waals surface area contributed by atoms with E-state index in [4.69, 9.17) is 4.84 Å². The summed E-state index contributed by atoms with van der Waals surface area (Å²) in [7, 11) is 0. The van der Waals surface area contributed by atoms with E-state index in [0.29, 0.717) is 0 Å². The summed E-state index contributed by atoms with van der Waals surface area (Å²) < 4.78 is 0. The first kappa shape index (κ1) is 11.9. The molecule has 0 amide bonds. The Hall–Kier alpha value is -2.13. The Balaban J connectivity index is 1.69. The van der Waals surface area contributed by atoms with Crippen molar-refractivity contribution >= 4 is 11.5 Å². The molecule has 1 N–H and O–H groups in total. The number of fused-ring (bicyclic) bond motifs is 1. The van der Waals surface area contributed by atoms with Gasteiger partial charge in [-0.2, -0.15) is 0 Å². The molecule has 2 aromatic carbocycles. The molecule has 0 spiro atoms. The number of nitrogens with one attached hydrogen (secondary N) is 1. The number of para-hydroxylation sites is 1. The van der Waals surface area contributed by atoms with Crippen LogP contribution in [-0.2, 0) is 11.3 Å². The van der Waals surface area contributed by atoms with Gasteiger partial charge < -0.3 is 0 Å². The van der Waals surface area contributed by atoms with Crippen LogP contribution in [0.2, 0.25) is 0 Å². The minimum atomic E-state index is -0.407. The number of carbonyl (C=O) groups excluding carboxylic acids is 1. The highest BCUT2D eigenvalue weighted by molar-refractivity contribution is 6.01. The van der Waals surface area contributed by atoms with Crippen molar-refractivity contribution < 1.29 is 9.63 Å². The van der Waals surface area contributed by atoms with Gasteiger partial charge in [0.05, 0.1) is 5.69 Å². The van der Waals surface area contributed by atoms with Crippen molar-refractivity contribution in [1.29, 1.82) is 0 Å². The SMILES string of the molecule is O=C1c2ccccc2CC[C@H]1ONc1ccccc1. The van der Waals surface area contributed by atoms with Crippen molar-refractivity contribution in [1.82, 2.24) is 0 Å². The molecule has 0 heterocycles. The summed E-state index contributed by atoms with van der Waals surface area (Å²) in [5.74, 6) is 0.0604. The smallest absolute Gasteiger partial charge is 0.194 e. The first-order chi connectivity index (χ1) is 9.34. The summed E-state index contributed by atoms with van der Waals surface area (Å²) in [6, 6.07) is 17.3. The van der Waals surface area contributed by atoms with Crippen molar-refractivity contribution in [3.8, 4) is 0 Å². The van der Waals surface area contributed by atoms with E-state index < -0.39 is 6.10 Å². The second-order valence-corrected chi connectivity index (χ2v) is 4.63. The fourth-order valence-corrected chi connectivity index (χ4v) is 2.33. The molecule has 0 saturated carbocycles. The van der Waals surface area contributed by atoms with Crippen LogP contribution in [0.15, 0.2) is 54.6 Å². The van der Waals surface area contributed by atoms with Gasteiger partial charge in [0.2, 0.25) is 0 Å². The maximum absolute atomic E-state index is 12.3. The van der Waals surface area contributed by atoms with Crippen LogP contribution in [-0.4, -0.2) is 11.9 Å². The fourth-order valence-electron chi connectivity index (χ4n) is 2.33. The molecular weight excluding hydrogens is 238 g/mol. The van der Waals surface area contributed by atoms with Gasteiger partial charge in [-0.3, -0.25) is 15.1 Å². The maximum atomic E-state index is 12.3. The number of benzene rings is 2. The normalized spacial score (nSPS) is 17.9. The van der Waals surface area contributed by atoms with E-state index in [0.717, 1.165) is 29.7 Å². The van der Waals surface area contributed by atoms with E-state index in [-0.39, 0.29) is 5.78 Å². The molecule has 3 heteroatoms. The summed E-state index contributed by atoms with van der Waals surface area (Å²) in [5.41, 5.74) is 5.61. The van der Waals surface area contributed by atoms with Crippen LogP contribution in [0.4, 0.5) is 5.69 Å². The third-order valence-electron chi connectivity index (χ3n) is 3.34. The molecule has 0 aliphatic heterocycles. The lowest BCUT2D eigenvalue weighted by molar-refractivity contribution is 0.0550. The van der Waals surface area contributed by atoms with Gasteiger partial charge >= 0.3 is 0 Å². The van der Waals surface area contributed by atoms with Crippen molar-refractivity contribution in [2.24, 2.45) is 0 Å². The zero-order valence-electron chi connectivity index (χ0n) is 10.5. The van der Waals surface area contributed by atoms with Gasteiger partial charge in [-0.05, 0) is 30.5 Å². The largest absolute Gasteiger partial charge is 0.291 e. The number of Topliss-reactive ketones (excluding diaryl/α,β-unsaturated/α-hetero) is 1. The monoisotopic (exact) mass is 253 g/mol. The van der Waals surface area contributed by atoms with Crippen LogP contribution in [0.25, 0.3) is 0 Å². The van der Waals surface area contributed by atoms with Crippen LogP contribution in [0.1, 0.15) is 22.3 Å². The average molecular weight is 253 g/mol. The zero-order chi connectivity index (χ0) is 13.1. The molecule has 1 aliphatic carbocycles. The first-order valence-corrected chi connectivity index (χ1v) is 6.43. The van der Waals surface area contributed by atoms with Crippen LogP contribution in [0, 0.1) is 0 Å². The second kappa shape index (κ2) is 5.24. The summed E-state index contributed by atoms with van der Waals surface area (Å²) >= 11 is 0. The van der Waals surface area contributed by atoms with E-state index >= 15 is 0 Å². The minimum Gasteiger partial charge on any atom is -0.291 e. The lowest BCUT2D eigenvalue weighted by Crippen LogP contribution is -2.31. The van der Waals surface area contributed by atoms with Crippen molar-refractivity contribution in [3.63, 3.8) is 0 Å². The maximum Gasteiger partial charge on any atom is 0.194 e. The molecule has 1 aliphatic rings. The van der Waals surface area contributed by atoms with E-state index in [1.807, 2.05) is 54.6 Å². The predicted molar refractivity (Wildman–Crippen MR) is 74.0 cm³/mol. The summed E-state index contributed by atoms with van der Waals surface area (Å²) in [4.78, 5) is 17.8. The summed E-state index contributed by atoms with van der Waals surface area (Å²) in [5, 5.41) is 0. The quantitative estimate of drug-likeness (QED) is 0.853. The van der Waals surface area contributed by atoms with Crippen molar-refractivity contribution in [3.05, 3.63) is 65.7 Å². The van der Waals surface area contributed by atoms with Gasteiger partial charge in [0, 0.05) is 5.56 Å². The average Bonchev–Trinajstić information content (AvgIpc) is 2.48. The molecular formula is C16H15NO2. The van der Waals surface area contributed by atoms with Crippen molar-refractivity contribution in [2.75, 3.05) is 5.48 Å². The van der Waals surface area contributed by atoms with Crippen LogP contribution in [0.5, 0.6) is 0 Å². The Bertz CT molecular complexity index is 580. The number of aryl methyl sites for hydroxylation is 1. The first-order valence-electron chi connectivity index (χ1n) is 6.43. The molecule has 3 rings (SSSR count). The molecule has 0 saturated heterocycles. The van der Waals surface area contributed by atoms with Gasteiger partial charge in [-0.25, -0.2) is 0 Å². The molecule has 3 nitrogen and oxygen atoms in total. The molecule has 19 heavy (non-hydrogen) atoms. The highest BCUT2D eigenvalue weighted by atomic mass is 16.7. The number of carbonyl (C=O) groups is 1. The number of rotatable bonds is 3. The minimum absolute atomic E-state index is 0.0604. The predicted octanol–water partition coefficient (Wildman–Crippen LogP) is 3.23. The lowest BCUT2D eigenvalue weighted by Gasteiger charge is -2.23. The molecule has 0 fully saturated rings. The Morgan fingerprint density at radius 1 is 1.00 bits per heavy atom. The lowest BCUT2D eigenvalue weighted by atomic mass is 9.89. The highest BCUT2D eigenvalue weighted by Crippen LogP contribution is 2.23. The van der Waals surface area contributed by atoms with Gasteiger partial charge in [-0.15, -0.1) is 0 Å². The van der Waals surface area contributed by atoms with E-state index in [9.17, 15) is 4.79 Å². The molecule has 1 atom stereocenters. The Morgan fingerprint density at radius 3 is 2.58 bits per heavy atom. The summed E-state index contributed by atoms with van der Waals surface area (Å²) in [6.07, 6.45) is 1.19. The highest BCUT2D eigenvalue weighted by Gasteiger charge is 2.28. The molecule has 0 bridgehead atoms. The zero-order valence-corrected chi connectivity index (χ0v) is 10.5. The standard InChI is InChI=1S/C16H15NO2/c18-16-14-9-5-4-6-12(14)10-11-15(16)19-17-13-7-2-1-3-8-13/h1-9,15,17H,10-11H2/t15-/m1/s1. The van der Waals surface area contributed by atoms with Crippen molar-refractivity contribution in [2.45, 2.75) is 18.9 Å². The van der Waals surface area contributed by atoms with Crippen LogP contribution >= 0.6 is 0 Å². The third kappa shape index (κ3) is 2.51. The van der Waals surface area contributed by atoms with Gasteiger partial charge in [0.15, 0.2) is 5.78 Å². The van der Waals surface area contributed by atoms with Gasteiger partial charge in [-0.1, -0.05) is 42.5 Å². The number of ketones is 1. The third-order valence-corrected chi connectivity index (χ3v) is 3.34. The number of anilines is 1. The second-order valence-electron chi connectivity index (χ2n) is 4.63. The van der Waals surface area contributed by atoms with Crippen LogP contribution in [0.3, 0.4) is 0 Å². The topological polar surface area (TPSA) is 38.3 Å². The Kier molecular flexibility index (Phi) is 3.29. The summed E-state index contributed by atoms with van der Waals surface area (Å²) in [6.45, 7) is 0. The molecule has 0 radical (unpaired) electrons.